The Morgan fingerprint density at radius 2 is 1.94 bits per heavy atom. The van der Waals surface area contributed by atoms with Gasteiger partial charge >= 0.3 is 0 Å². The monoisotopic (exact) mass is 456 g/mol. The minimum Gasteiger partial charge on any atom is -0.508 e. The number of amides is 1. The third-order valence-corrected chi connectivity index (χ3v) is 6.55. The van der Waals surface area contributed by atoms with E-state index in [2.05, 4.69) is 15.1 Å². The summed E-state index contributed by atoms with van der Waals surface area (Å²) in [6, 6.07) is 17.6. The molecule has 1 atom stereocenters. The average molecular weight is 457 g/mol. The van der Waals surface area contributed by atoms with Gasteiger partial charge in [-0.3, -0.25) is 14.8 Å². The minimum absolute atomic E-state index is 0.110. The van der Waals surface area contributed by atoms with Gasteiger partial charge in [-0.15, -0.1) is 11.3 Å². The van der Waals surface area contributed by atoms with Gasteiger partial charge in [0.1, 0.15) is 5.75 Å². The van der Waals surface area contributed by atoms with Crippen molar-refractivity contribution in [3.8, 4) is 16.3 Å². The van der Waals surface area contributed by atoms with E-state index in [1.807, 2.05) is 36.4 Å². The number of hydrogen-bond acceptors (Lipinski definition) is 7. The Morgan fingerprint density at radius 3 is 2.73 bits per heavy atom. The molecule has 0 spiro atoms. The maximum Gasteiger partial charge on any atom is 0.284 e. The SMILES string of the molecule is O=C(c1ccc(-c2ccccn2)s1)N1N=C(c2cncc(CO)c2)CC1c1ccccc1O. The van der Waals surface area contributed by atoms with E-state index in [4.69, 9.17) is 0 Å². The molecule has 0 bridgehead atoms. The molecule has 3 aromatic heterocycles. The molecule has 0 saturated heterocycles. The molecule has 0 saturated carbocycles. The Labute approximate surface area is 194 Å². The third kappa shape index (κ3) is 4.13. The lowest BCUT2D eigenvalue weighted by molar-refractivity contribution is 0.0714. The van der Waals surface area contributed by atoms with Crippen molar-refractivity contribution in [3.63, 3.8) is 0 Å². The van der Waals surface area contributed by atoms with E-state index in [-0.39, 0.29) is 18.3 Å². The number of phenolic OH excluding ortho intramolecular Hbond substituents is 1. The van der Waals surface area contributed by atoms with Crippen LogP contribution in [0.5, 0.6) is 5.75 Å². The van der Waals surface area contributed by atoms with Crippen LogP contribution in [-0.4, -0.2) is 36.8 Å². The average Bonchev–Trinajstić information content (AvgIpc) is 3.53. The van der Waals surface area contributed by atoms with E-state index in [1.54, 1.807) is 42.9 Å². The van der Waals surface area contributed by atoms with Crippen LogP contribution in [0.1, 0.15) is 38.8 Å². The van der Waals surface area contributed by atoms with Crippen molar-refractivity contribution in [1.82, 2.24) is 15.0 Å². The van der Waals surface area contributed by atoms with Gasteiger partial charge in [-0.1, -0.05) is 24.3 Å². The highest BCUT2D eigenvalue weighted by atomic mass is 32.1. The number of aliphatic hydroxyl groups is 1. The van der Waals surface area contributed by atoms with Gasteiger partial charge in [-0.25, -0.2) is 5.01 Å². The quantitative estimate of drug-likeness (QED) is 0.464. The van der Waals surface area contributed by atoms with Crippen molar-refractivity contribution in [2.24, 2.45) is 5.10 Å². The Balaban J connectivity index is 1.52. The molecule has 4 aromatic rings. The summed E-state index contributed by atoms with van der Waals surface area (Å²) in [5.74, 6) is -0.143. The number of rotatable bonds is 5. The first-order valence-electron chi connectivity index (χ1n) is 10.4. The molecular formula is C25H20N4O3S. The number of hydrazone groups is 1. The first kappa shape index (κ1) is 21.0. The van der Waals surface area contributed by atoms with Crippen molar-refractivity contribution >= 4 is 23.0 Å². The van der Waals surface area contributed by atoms with Crippen LogP contribution in [0, 0.1) is 0 Å². The second-order valence-corrected chi connectivity index (χ2v) is 8.68. The summed E-state index contributed by atoms with van der Waals surface area (Å²) in [6.07, 6.45) is 5.39. The zero-order valence-electron chi connectivity index (χ0n) is 17.5. The molecule has 4 heterocycles. The van der Waals surface area contributed by atoms with Crippen LogP contribution in [0.4, 0.5) is 0 Å². The van der Waals surface area contributed by atoms with Gasteiger partial charge in [0.15, 0.2) is 0 Å². The number of para-hydroxylation sites is 1. The van der Waals surface area contributed by atoms with E-state index in [9.17, 15) is 15.0 Å². The molecule has 1 aromatic carbocycles. The molecule has 1 amide bonds. The van der Waals surface area contributed by atoms with E-state index in [1.165, 1.54) is 16.3 Å². The van der Waals surface area contributed by atoms with Gasteiger partial charge in [0.2, 0.25) is 0 Å². The second kappa shape index (κ2) is 8.93. The van der Waals surface area contributed by atoms with Crippen molar-refractivity contribution in [2.45, 2.75) is 19.1 Å². The topological polar surface area (TPSA) is 98.9 Å². The van der Waals surface area contributed by atoms with Gasteiger partial charge in [-0.2, -0.15) is 5.10 Å². The highest BCUT2D eigenvalue weighted by Crippen LogP contribution is 2.39. The van der Waals surface area contributed by atoms with Gasteiger partial charge in [0, 0.05) is 36.1 Å². The normalized spacial score (nSPS) is 15.5. The van der Waals surface area contributed by atoms with Gasteiger partial charge in [0.05, 0.1) is 33.8 Å². The fraction of sp³-hybridized carbons (Fsp3) is 0.120. The Morgan fingerprint density at radius 1 is 1.09 bits per heavy atom. The lowest BCUT2D eigenvalue weighted by Crippen LogP contribution is -2.26. The molecule has 0 aliphatic carbocycles. The van der Waals surface area contributed by atoms with E-state index >= 15 is 0 Å². The molecule has 1 unspecified atom stereocenters. The molecule has 1 aliphatic rings. The molecule has 5 rings (SSSR count). The Hall–Kier alpha value is -3.88. The zero-order chi connectivity index (χ0) is 22.8. The zero-order valence-corrected chi connectivity index (χ0v) is 18.3. The molecule has 2 N–H and O–H groups in total. The smallest absolute Gasteiger partial charge is 0.284 e. The first-order chi connectivity index (χ1) is 16.1. The molecular weight excluding hydrogens is 436 g/mol. The van der Waals surface area contributed by atoms with Crippen LogP contribution in [0.2, 0.25) is 0 Å². The van der Waals surface area contributed by atoms with E-state index in [0.717, 1.165) is 16.1 Å². The number of phenols is 1. The van der Waals surface area contributed by atoms with Crippen LogP contribution in [0.25, 0.3) is 10.6 Å². The molecule has 8 heteroatoms. The largest absolute Gasteiger partial charge is 0.508 e. The number of pyridine rings is 2. The number of thiophene rings is 1. The summed E-state index contributed by atoms with van der Waals surface area (Å²) < 4.78 is 0. The fourth-order valence-corrected chi connectivity index (χ4v) is 4.74. The number of aromatic hydroxyl groups is 1. The van der Waals surface area contributed by atoms with Crippen molar-refractivity contribution < 1.29 is 15.0 Å². The molecule has 7 nitrogen and oxygen atoms in total. The number of nitrogens with zero attached hydrogens (tertiary/aromatic N) is 4. The third-order valence-electron chi connectivity index (χ3n) is 5.46. The van der Waals surface area contributed by atoms with Crippen LogP contribution in [0.15, 0.2) is 84.4 Å². The summed E-state index contributed by atoms with van der Waals surface area (Å²) in [5.41, 5.74) is 3.49. The van der Waals surface area contributed by atoms with Crippen LogP contribution < -0.4 is 0 Å². The number of carbonyl (C=O) groups excluding carboxylic acids is 1. The van der Waals surface area contributed by atoms with Crippen LogP contribution in [0.3, 0.4) is 0 Å². The number of aliphatic hydroxyl groups excluding tert-OH is 1. The summed E-state index contributed by atoms with van der Waals surface area (Å²) in [6.45, 7) is -0.134. The number of benzene rings is 1. The highest BCUT2D eigenvalue weighted by molar-refractivity contribution is 7.17. The van der Waals surface area contributed by atoms with Gasteiger partial charge < -0.3 is 10.2 Å². The van der Waals surface area contributed by atoms with Crippen molar-refractivity contribution in [2.75, 3.05) is 0 Å². The summed E-state index contributed by atoms with van der Waals surface area (Å²) in [5, 5.41) is 26.1. The lowest BCUT2D eigenvalue weighted by atomic mass is 9.98. The van der Waals surface area contributed by atoms with E-state index < -0.39 is 6.04 Å². The molecule has 0 fully saturated rings. The summed E-state index contributed by atoms with van der Waals surface area (Å²) in [4.78, 5) is 23.5. The van der Waals surface area contributed by atoms with Gasteiger partial charge in [-0.05, 0) is 42.0 Å². The number of hydrogen-bond donors (Lipinski definition) is 2. The predicted octanol–water partition coefficient (Wildman–Crippen LogP) is 4.39. The Bertz CT molecular complexity index is 1340. The van der Waals surface area contributed by atoms with Crippen molar-refractivity contribution in [3.05, 3.63) is 101 Å². The molecule has 164 valence electrons. The fourth-order valence-electron chi connectivity index (χ4n) is 3.83. The van der Waals surface area contributed by atoms with Crippen LogP contribution >= 0.6 is 11.3 Å². The number of carbonyl (C=O) groups is 1. The van der Waals surface area contributed by atoms with Crippen molar-refractivity contribution in [1.29, 1.82) is 0 Å². The lowest BCUT2D eigenvalue weighted by Gasteiger charge is -2.22. The first-order valence-corrected chi connectivity index (χ1v) is 11.2. The molecule has 33 heavy (non-hydrogen) atoms. The minimum atomic E-state index is -0.466. The molecule has 0 radical (unpaired) electrons. The van der Waals surface area contributed by atoms with Crippen LogP contribution in [-0.2, 0) is 6.61 Å². The standard InChI is InChI=1S/C25H20N4O3S/c30-15-16-11-17(14-26-13-16)20-12-21(18-5-1-2-7-22(18)31)29(28-20)25(32)24-9-8-23(33-24)19-6-3-4-10-27-19/h1-11,13-14,21,30-31H,12,15H2. The van der Waals surface area contributed by atoms with Gasteiger partial charge in [0.25, 0.3) is 5.91 Å². The predicted molar refractivity (Wildman–Crippen MR) is 126 cm³/mol. The van der Waals surface area contributed by atoms with E-state index in [0.29, 0.717) is 28.1 Å². The highest BCUT2D eigenvalue weighted by Gasteiger charge is 2.35. The maximum absolute atomic E-state index is 13.6. The molecule has 1 aliphatic heterocycles. The number of aromatic nitrogens is 2. The maximum atomic E-state index is 13.6. The summed E-state index contributed by atoms with van der Waals surface area (Å²) in [7, 11) is 0. The second-order valence-electron chi connectivity index (χ2n) is 7.59. The Kier molecular flexibility index (Phi) is 5.68. The summed E-state index contributed by atoms with van der Waals surface area (Å²) >= 11 is 1.35.